The molecule has 0 fully saturated rings. The molecular formula is C9H2Cl3F5O2. The average Bonchev–Trinajstić information content (AvgIpc) is 2.21. The average molecular weight is 343 g/mol. The maximum Gasteiger partial charge on any atom is 0.465 e. The SMILES string of the molecule is O=C(Oc1c(Cl)cc(Cl)cc1Cl)C(F)(F)C(F)(F)F. The first-order valence-electron chi connectivity index (χ1n) is 4.28. The van der Waals surface area contributed by atoms with E-state index in [9.17, 15) is 26.7 Å². The Morgan fingerprint density at radius 3 is 1.79 bits per heavy atom. The summed E-state index contributed by atoms with van der Waals surface area (Å²) in [6.45, 7) is 0. The molecule has 0 atom stereocenters. The fourth-order valence-corrected chi connectivity index (χ4v) is 1.79. The predicted molar refractivity (Wildman–Crippen MR) is 58.1 cm³/mol. The van der Waals surface area contributed by atoms with E-state index in [2.05, 4.69) is 4.74 Å². The van der Waals surface area contributed by atoms with E-state index < -0.39 is 33.9 Å². The van der Waals surface area contributed by atoms with Crippen molar-refractivity contribution in [2.45, 2.75) is 12.1 Å². The van der Waals surface area contributed by atoms with Gasteiger partial charge in [0.1, 0.15) is 0 Å². The lowest BCUT2D eigenvalue weighted by Crippen LogP contribution is -2.46. The maximum atomic E-state index is 12.6. The van der Waals surface area contributed by atoms with E-state index in [-0.39, 0.29) is 5.02 Å². The summed E-state index contributed by atoms with van der Waals surface area (Å²) in [5.41, 5.74) is 0. The highest BCUT2D eigenvalue weighted by Crippen LogP contribution is 2.40. The van der Waals surface area contributed by atoms with Crippen LogP contribution in [0.1, 0.15) is 0 Å². The Labute approximate surface area is 118 Å². The third kappa shape index (κ3) is 3.40. The van der Waals surface area contributed by atoms with Gasteiger partial charge in [0.15, 0.2) is 5.75 Å². The monoisotopic (exact) mass is 342 g/mol. The number of rotatable bonds is 2. The minimum Gasteiger partial charge on any atom is -0.419 e. The minimum atomic E-state index is -6.09. The molecule has 0 spiro atoms. The number of ether oxygens (including phenoxy) is 1. The van der Waals surface area contributed by atoms with Crippen molar-refractivity contribution in [2.24, 2.45) is 0 Å². The quantitative estimate of drug-likeness (QED) is 0.440. The fraction of sp³-hybridized carbons (Fsp3) is 0.222. The summed E-state index contributed by atoms with van der Waals surface area (Å²) in [6, 6.07) is 1.92. The van der Waals surface area contributed by atoms with E-state index in [1.165, 1.54) is 0 Å². The fourth-order valence-electron chi connectivity index (χ4n) is 0.899. The molecule has 0 saturated heterocycles. The Morgan fingerprint density at radius 2 is 1.42 bits per heavy atom. The molecule has 0 radical (unpaired) electrons. The van der Waals surface area contributed by atoms with E-state index in [1.54, 1.807) is 0 Å². The Balaban J connectivity index is 3.08. The summed E-state index contributed by atoms with van der Waals surface area (Å²) in [4.78, 5) is 10.8. The summed E-state index contributed by atoms with van der Waals surface area (Å²) in [5.74, 6) is -9.35. The van der Waals surface area contributed by atoms with Gasteiger partial charge in [0.25, 0.3) is 0 Å². The van der Waals surface area contributed by atoms with Gasteiger partial charge < -0.3 is 4.74 Å². The zero-order valence-electron chi connectivity index (χ0n) is 8.49. The van der Waals surface area contributed by atoms with Crippen LogP contribution in [0.25, 0.3) is 0 Å². The van der Waals surface area contributed by atoms with Crippen LogP contribution in [0.15, 0.2) is 12.1 Å². The van der Waals surface area contributed by atoms with Crippen LogP contribution in [0.4, 0.5) is 22.0 Å². The normalized spacial score (nSPS) is 12.4. The van der Waals surface area contributed by atoms with E-state index in [0.717, 1.165) is 12.1 Å². The molecular weight excluding hydrogens is 341 g/mol. The maximum absolute atomic E-state index is 12.6. The minimum absolute atomic E-state index is 0.0163. The van der Waals surface area contributed by atoms with Crippen LogP contribution in [0, 0.1) is 0 Å². The molecule has 19 heavy (non-hydrogen) atoms. The van der Waals surface area contributed by atoms with Crippen LogP contribution >= 0.6 is 34.8 Å². The van der Waals surface area contributed by atoms with Crippen LogP contribution < -0.4 is 4.74 Å². The number of carbonyl (C=O) groups excluding carboxylic acids is 1. The molecule has 0 amide bonds. The molecule has 0 aliphatic rings. The van der Waals surface area contributed by atoms with Crippen LogP contribution in [-0.4, -0.2) is 18.1 Å². The van der Waals surface area contributed by atoms with Crippen molar-refractivity contribution in [3.8, 4) is 5.75 Å². The summed E-state index contributed by atoms with van der Waals surface area (Å²) in [5, 5.41) is -0.981. The smallest absolute Gasteiger partial charge is 0.419 e. The van der Waals surface area contributed by atoms with Crippen molar-refractivity contribution in [1.82, 2.24) is 0 Å². The molecule has 1 rings (SSSR count). The van der Waals surface area contributed by atoms with Gasteiger partial charge in [-0.15, -0.1) is 0 Å². The Hall–Kier alpha value is -0.790. The number of hydrogen-bond donors (Lipinski definition) is 0. The van der Waals surface area contributed by atoms with Gasteiger partial charge in [-0.3, -0.25) is 0 Å². The summed E-state index contributed by atoms with van der Waals surface area (Å²) in [6.07, 6.45) is -6.09. The lowest BCUT2D eigenvalue weighted by atomic mass is 10.3. The second-order valence-electron chi connectivity index (χ2n) is 3.16. The molecule has 10 heteroatoms. The van der Waals surface area contributed by atoms with Gasteiger partial charge in [0, 0.05) is 5.02 Å². The van der Waals surface area contributed by atoms with Crippen LogP contribution in [0.3, 0.4) is 0 Å². The van der Waals surface area contributed by atoms with E-state index in [1.807, 2.05) is 0 Å². The molecule has 106 valence electrons. The highest BCUT2D eigenvalue weighted by atomic mass is 35.5. The predicted octanol–water partition coefficient (Wildman–Crippen LogP) is 4.75. The number of carbonyl (C=O) groups is 1. The van der Waals surface area contributed by atoms with Crippen molar-refractivity contribution in [2.75, 3.05) is 0 Å². The number of hydrogen-bond acceptors (Lipinski definition) is 2. The van der Waals surface area contributed by atoms with E-state index >= 15 is 0 Å². The second kappa shape index (κ2) is 5.30. The molecule has 0 aromatic heterocycles. The van der Waals surface area contributed by atoms with Crippen LogP contribution in [0.2, 0.25) is 15.1 Å². The Kier molecular flexibility index (Phi) is 4.54. The third-order valence-corrected chi connectivity index (χ3v) is 2.55. The van der Waals surface area contributed by atoms with Gasteiger partial charge in [-0.25, -0.2) is 4.79 Å². The van der Waals surface area contributed by atoms with Crippen molar-refractivity contribution < 1.29 is 31.5 Å². The van der Waals surface area contributed by atoms with Gasteiger partial charge in [0.2, 0.25) is 0 Å². The number of benzene rings is 1. The lowest BCUT2D eigenvalue weighted by Gasteiger charge is -2.18. The number of halogens is 8. The van der Waals surface area contributed by atoms with Crippen LogP contribution in [-0.2, 0) is 4.79 Å². The first-order chi connectivity index (χ1) is 8.46. The highest BCUT2D eigenvalue weighted by molar-refractivity contribution is 6.40. The molecule has 1 aromatic rings. The molecule has 2 nitrogen and oxygen atoms in total. The molecule has 0 saturated carbocycles. The largest absolute Gasteiger partial charge is 0.465 e. The zero-order chi connectivity index (χ0) is 15.0. The van der Waals surface area contributed by atoms with Crippen molar-refractivity contribution in [1.29, 1.82) is 0 Å². The summed E-state index contributed by atoms with van der Waals surface area (Å²) < 4.78 is 64.9. The highest BCUT2D eigenvalue weighted by Gasteiger charge is 2.65. The third-order valence-electron chi connectivity index (χ3n) is 1.77. The summed E-state index contributed by atoms with van der Waals surface area (Å²) >= 11 is 16.4. The van der Waals surface area contributed by atoms with Gasteiger partial charge in [-0.2, -0.15) is 22.0 Å². The molecule has 0 unspecified atom stereocenters. The first-order valence-corrected chi connectivity index (χ1v) is 5.41. The van der Waals surface area contributed by atoms with Crippen molar-refractivity contribution in [3.05, 3.63) is 27.2 Å². The summed E-state index contributed by atoms with van der Waals surface area (Å²) in [7, 11) is 0. The molecule has 0 bridgehead atoms. The zero-order valence-corrected chi connectivity index (χ0v) is 10.8. The van der Waals surface area contributed by atoms with Gasteiger partial charge in [-0.05, 0) is 12.1 Å². The van der Waals surface area contributed by atoms with E-state index in [4.69, 9.17) is 34.8 Å². The molecule has 0 aliphatic heterocycles. The van der Waals surface area contributed by atoms with Gasteiger partial charge in [-0.1, -0.05) is 34.8 Å². The molecule has 0 aliphatic carbocycles. The lowest BCUT2D eigenvalue weighted by molar-refractivity contribution is -0.276. The van der Waals surface area contributed by atoms with Crippen LogP contribution in [0.5, 0.6) is 5.75 Å². The van der Waals surface area contributed by atoms with Gasteiger partial charge >= 0.3 is 18.1 Å². The standard InChI is InChI=1S/C9H2Cl3F5O2/c10-3-1-4(11)6(5(12)2-3)19-7(18)8(13,14)9(15,16)17/h1-2H. The first kappa shape index (κ1) is 16.3. The van der Waals surface area contributed by atoms with Crippen molar-refractivity contribution in [3.63, 3.8) is 0 Å². The van der Waals surface area contributed by atoms with Crippen molar-refractivity contribution >= 4 is 40.8 Å². The van der Waals surface area contributed by atoms with E-state index in [0.29, 0.717) is 0 Å². The second-order valence-corrected chi connectivity index (χ2v) is 4.41. The Bertz CT molecular complexity index is 492. The Morgan fingerprint density at radius 1 is 1.00 bits per heavy atom. The van der Waals surface area contributed by atoms with Gasteiger partial charge in [0.05, 0.1) is 10.0 Å². The topological polar surface area (TPSA) is 26.3 Å². The molecule has 0 heterocycles. The number of esters is 1. The number of alkyl halides is 5. The molecule has 0 N–H and O–H groups in total. The molecule has 1 aromatic carbocycles.